The van der Waals surface area contributed by atoms with Crippen LogP contribution >= 0.6 is 0 Å². The van der Waals surface area contributed by atoms with Crippen LogP contribution in [0.15, 0.2) is 29.4 Å². The Morgan fingerprint density at radius 3 is 2.94 bits per heavy atom. The highest BCUT2D eigenvalue weighted by molar-refractivity contribution is 5.94. The number of rotatable bonds is 1. The number of fused-ring (bicyclic) bond motifs is 5. The fourth-order valence-corrected chi connectivity index (χ4v) is 2.30. The van der Waals surface area contributed by atoms with Crippen molar-refractivity contribution in [2.75, 3.05) is 0 Å². The lowest BCUT2D eigenvalue weighted by Crippen LogP contribution is -2.26. The van der Waals surface area contributed by atoms with Crippen LogP contribution in [-0.4, -0.2) is 11.7 Å². The molecule has 0 aliphatic carbocycles. The number of hydrazone groups is 1. The van der Waals surface area contributed by atoms with Crippen molar-refractivity contribution in [2.24, 2.45) is 10.8 Å². The summed E-state index contributed by atoms with van der Waals surface area (Å²) in [5, 5.41) is 3.97. The van der Waals surface area contributed by atoms with Gasteiger partial charge in [0, 0.05) is 6.42 Å². The predicted octanol–water partition coefficient (Wildman–Crippen LogP) is 1.23. The number of carbonyl (C=O) groups excluding carboxylic acids is 1. The number of hydrogen-bond donors (Lipinski definition) is 2. The molecule has 2 amide bonds. The lowest BCUT2D eigenvalue weighted by molar-refractivity contribution is 0.0838. The maximum Gasteiger partial charge on any atom is 0.332 e. The van der Waals surface area contributed by atoms with Crippen LogP contribution in [0.4, 0.5) is 4.79 Å². The molecule has 0 spiro atoms. The molecule has 1 fully saturated rings. The lowest BCUT2D eigenvalue weighted by Gasteiger charge is -2.12. The maximum atomic E-state index is 10.6. The zero-order chi connectivity index (χ0) is 11.1. The molecule has 2 atom stereocenters. The van der Waals surface area contributed by atoms with Crippen LogP contribution in [0.5, 0.6) is 0 Å². The van der Waals surface area contributed by atoms with Gasteiger partial charge in [-0.1, -0.05) is 24.3 Å². The normalized spacial score (nSPS) is 28.1. The molecule has 0 unspecified atom stereocenters. The van der Waals surface area contributed by atoms with Gasteiger partial charge in [0.2, 0.25) is 0 Å². The van der Waals surface area contributed by atoms with Crippen LogP contribution in [0.25, 0.3) is 0 Å². The lowest BCUT2D eigenvalue weighted by atomic mass is 9.90. The quantitative estimate of drug-likeness (QED) is 0.694. The molecule has 0 aromatic heterocycles. The monoisotopic (exact) mass is 217 g/mol. The second-order valence-electron chi connectivity index (χ2n) is 3.92. The highest BCUT2D eigenvalue weighted by Crippen LogP contribution is 2.48. The molecule has 1 aromatic rings. The van der Waals surface area contributed by atoms with E-state index < -0.39 is 6.03 Å². The van der Waals surface area contributed by atoms with E-state index in [1.54, 1.807) is 0 Å². The first-order valence-electron chi connectivity index (χ1n) is 5.12. The molecule has 3 rings (SSSR count). The molecule has 0 radical (unpaired) electrons. The molecule has 82 valence electrons. The van der Waals surface area contributed by atoms with Gasteiger partial charge in [0.25, 0.3) is 0 Å². The van der Waals surface area contributed by atoms with E-state index in [0.717, 1.165) is 17.7 Å². The summed E-state index contributed by atoms with van der Waals surface area (Å²) in [7, 11) is 0. The number of nitrogens with one attached hydrogen (secondary N) is 1. The van der Waals surface area contributed by atoms with Gasteiger partial charge in [-0.2, -0.15) is 5.10 Å². The van der Waals surface area contributed by atoms with Crippen LogP contribution in [0.1, 0.15) is 29.8 Å². The molecule has 16 heavy (non-hydrogen) atoms. The zero-order valence-electron chi connectivity index (χ0n) is 8.51. The van der Waals surface area contributed by atoms with E-state index in [9.17, 15) is 4.79 Å². The molecule has 2 bridgehead atoms. The Kier molecular flexibility index (Phi) is 1.94. The van der Waals surface area contributed by atoms with Gasteiger partial charge in [0.05, 0.1) is 11.8 Å². The number of amides is 2. The van der Waals surface area contributed by atoms with Gasteiger partial charge in [-0.15, -0.1) is 0 Å². The molecule has 1 aromatic carbocycles. The van der Waals surface area contributed by atoms with E-state index in [0.29, 0.717) is 0 Å². The number of benzene rings is 1. The average molecular weight is 217 g/mol. The molecule has 2 aliphatic heterocycles. The number of hydrogen-bond acceptors (Lipinski definition) is 3. The smallest absolute Gasteiger partial charge is 0.332 e. The van der Waals surface area contributed by atoms with E-state index in [4.69, 9.17) is 10.5 Å². The van der Waals surface area contributed by atoms with Gasteiger partial charge < -0.3 is 10.5 Å². The number of ether oxygens (including phenoxy) is 1. The Balaban J connectivity index is 1.92. The molecule has 1 saturated heterocycles. The summed E-state index contributed by atoms with van der Waals surface area (Å²) in [5.74, 6) is 0. The Morgan fingerprint density at radius 2 is 2.19 bits per heavy atom. The fourth-order valence-electron chi connectivity index (χ4n) is 2.30. The van der Waals surface area contributed by atoms with Crippen LogP contribution < -0.4 is 11.2 Å². The number of primary amides is 1. The van der Waals surface area contributed by atoms with Crippen LogP contribution in [-0.2, 0) is 4.74 Å². The van der Waals surface area contributed by atoms with Crippen molar-refractivity contribution in [3.63, 3.8) is 0 Å². The van der Waals surface area contributed by atoms with Gasteiger partial charge in [-0.3, -0.25) is 0 Å². The first-order chi connectivity index (χ1) is 7.75. The first kappa shape index (κ1) is 9.35. The Morgan fingerprint density at radius 1 is 1.44 bits per heavy atom. The predicted molar refractivity (Wildman–Crippen MR) is 57.8 cm³/mol. The van der Waals surface area contributed by atoms with Gasteiger partial charge in [0.1, 0.15) is 6.10 Å². The number of carbonyl (C=O) groups is 1. The van der Waals surface area contributed by atoms with Crippen LogP contribution in [0.2, 0.25) is 0 Å². The largest absolute Gasteiger partial charge is 0.359 e. The topological polar surface area (TPSA) is 76.7 Å². The molecule has 2 aliphatic rings. The molecule has 5 heteroatoms. The minimum Gasteiger partial charge on any atom is -0.359 e. The second-order valence-corrected chi connectivity index (χ2v) is 3.92. The fraction of sp³-hybridized carbons (Fsp3) is 0.273. The first-order valence-corrected chi connectivity index (χ1v) is 5.12. The van der Waals surface area contributed by atoms with E-state index in [-0.39, 0.29) is 12.2 Å². The molecular formula is C11H11N3O2. The third-order valence-electron chi connectivity index (χ3n) is 2.93. The van der Waals surface area contributed by atoms with Crippen molar-refractivity contribution in [1.82, 2.24) is 5.43 Å². The number of nitrogens with zero attached hydrogens (tertiary/aromatic N) is 1. The molecular weight excluding hydrogens is 206 g/mol. The summed E-state index contributed by atoms with van der Waals surface area (Å²) in [6, 6.07) is 7.42. The average Bonchev–Trinajstić information content (AvgIpc) is 2.85. The highest BCUT2D eigenvalue weighted by Gasteiger charge is 2.42. The minimum atomic E-state index is -0.649. The summed E-state index contributed by atoms with van der Waals surface area (Å²) in [4.78, 5) is 10.6. The summed E-state index contributed by atoms with van der Waals surface area (Å²) >= 11 is 0. The summed E-state index contributed by atoms with van der Waals surface area (Å²) in [5.41, 5.74) is 10.4. The van der Waals surface area contributed by atoms with Crippen molar-refractivity contribution < 1.29 is 9.53 Å². The summed E-state index contributed by atoms with van der Waals surface area (Å²) in [6.45, 7) is 0. The maximum absolute atomic E-state index is 10.6. The Hall–Kier alpha value is -1.88. The standard InChI is InChI=1S/C11H11N3O2/c12-11(15)14-13-8-5-9-6-3-1-2-4-7(6)10(8)16-9/h1-4,9-10H,5H2,(H3,12,14,15)/b13-8-/t9-,10-/m0/s1. The molecule has 5 nitrogen and oxygen atoms in total. The van der Waals surface area contributed by atoms with Crippen LogP contribution in [0, 0.1) is 0 Å². The number of nitrogens with two attached hydrogens (primary N) is 1. The minimum absolute atomic E-state index is 0.0784. The van der Waals surface area contributed by atoms with Gasteiger partial charge in [-0.05, 0) is 11.1 Å². The SMILES string of the molecule is NC(=O)N/N=C1/C[C@@H]2O[C@H]1c1ccccc12. The Bertz CT molecular complexity index is 484. The zero-order valence-corrected chi connectivity index (χ0v) is 8.51. The van der Waals surface area contributed by atoms with Crippen molar-refractivity contribution in [3.8, 4) is 0 Å². The van der Waals surface area contributed by atoms with Gasteiger partial charge in [0.15, 0.2) is 0 Å². The third-order valence-corrected chi connectivity index (χ3v) is 2.93. The highest BCUT2D eigenvalue weighted by atomic mass is 16.5. The summed E-state index contributed by atoms with van der Waals surface area (Å²) < 4.78 is 5.76. The van der Waals surface area contributed by atoms with Crippen molar-refractivity contribution in [1.29, 1.82) is 0 Å². The van der Waals surface area contributed by atoms with Gasteiger partial charge >= 0.3 is 6.03 Å². The van der Waals surface area contributed by atoms with Crippen molar-refractivity contribution >= 4 is 11.7 Å². The summed E-state index contributed by atoms with van der Waals surface area (Å²) in [6.07, 6.45) is 0.685. The third kappa shape index (κ3) is 1.29. The molecule has 2 heterocycles. The Labute approximate surface area is 92.3 Å². The van der Waals surface area contributed by atoms with Crippen LogP contribution in [0.3, 0.4) is 0 Å². The van der Waals surface area contributed by atoms with E-state index in [1.165, 1.54) is 5.56 Å². The number of urea groups is 1. The second kappa shape index (κ2) is 3.31. The van der Waals surface area contributed by atoms with Crippen molar-refractivity contribution in [3.05, 3.63) is 35.4 Å². The molecule has 0 saturated carbocycles. The van der Waals surface area contributed by atoms with Gasteiger partial charge in [-0.25, -0.2) is 10.2 Å². The molecule has 3 N–H and O–H groups in total. The van der Waals surface area contributed by atoms with E-state index in [2.05, 4.69) is 16.6 Å². The van der Waals surface area contributed by atoms with E-state index >= 15 is 0 Å². The van der Waals surface area contributed by atoms with Crippen molar-refractivity contribution in [2.45, 2.75) is 18.6 Å². The van der Waals surface area contributed by atoms with E-state index in [1.807, 2.05) is 18.2 Å².